The molecule has 0 aliphatic heterocycles. The number of nitrogen functional groups attached to an aromatic ring is 1. The van der Waals surface area contributed by atoms with Crippen molar-refractivity contribution in [3.05, 3.63) is 18.2 Å². The van der Waals surface area contributed by atoms with Crippen LogP contribution in [-0.4, -0.2) is 22.0 Å². The average molecular weight is 285 g/mol. The molecule has 5 nitrogen and oxygen atoms in total. The van der Waals surface area contributed by atoms with Gasteiger partial charge in [-0.15, -0.1) is 0 Å². The number of rotatable bonds is 5. The molecule has 108 valence electrons. The highest BCUT2D eigenvalue weighted by atomic mass is 32.2. The van der Waals surface area contributed by atoms with E-state index >= 15 is 0 Å². The highest BCUT2D eigenvalue weighted by Crippen LogP contribution is 2.24. The number of benzene rings is 1. The number of nitrogens with two attached hydrogens (primary N) is 1. The zero-order valence-corrected chi connectivity index (χ0v) is 12.8. The summed E-state index contributed by atoms with van der Waals surface area (Å²) in [4.78, 5) is 0.175. The lowest BCUT2D eigenvalue weighted by Crippen LogP contribution is -2.19. The van der Waals surface area contributed by atoms with Gasteiger partial charge in [0, 0.05) is 6.54 Å². The van der Waals surface area contributed by atoms with Crippen LogP contribution in [0.2, 0.25) is 0 Å². The smallest absolute Gasteiger partial charge is 0.240 e. The second-order valence-electron chi connectivity index (χ2n) is 5.69. The minimum Gasteiger partial charge on any atom is -0.397 e. The van der Waals surface area contributed by atoms with Gasteiger partial charge in [0.1, 0.15) is 0 Å². The van der Waals surface area contributed by atoms with Gasteiger partial charge in [-0.3, -0.25) is 0 Å². The van der Waals surface area contributed by atoms with Crippen molar-refractivity contribution >= 4 is 21.4 Å². The van der Waals surface area contributed by atoms with Crippen LogP contribution in [0.25, 0.3) is 0 Å². The minimum atomic E-state index is -3.44. The zero-order valence-electron chi connectivity index (χ0n) is 11.9. The topological polar surface area (TPSA) is 84.2 Å². The maximum atomic E-state index is 11.6. The Morgan fingerprint density at radius 2 is 1.89 bits per heavy atom. The number of nitrogens with one attached hydrogen (secondary N) is 2. The molecular weight excluding hydrogens is 262 g/mol. The van der Waals surface area contributed by atoms with Gasteiger partial charge >= 0.3 is 0 Å². The van der Waals surface area contributed by atoms with E-state index in [2.05, 4.69) is 30.8 Å². The van der Waals surface area contributed by atoms with Crippen LogP contribution in [0.3, 0.4) is 0 Å². The number of sulfonamides is 1. The summed E-state index contributed by atoms with van der Waals surface area (Å²) < 4.78 is 25.5. The van der Waals surface area contributed by atoms with Gasteiger partial charge in [-0.1, -0.05) is 20.8 Å². The van der Waals surface area contributed by atoms with Gasteiger partial charge in [0.2, 0.25) is 10.0 Å². The molecule has 0 unspecified atom stereocenters. The van der Waals surface area contributed by atoms with Gasteiger partial charge in [-0.25, -0.2) is 13.1 Å². The van der Waals surface area contributed by atoms with E-state index in [-0.39, 0.29) is 10.3 Å². The molecule has 0 spiro atoms. The average Bonchev–Trinajstić information content (AvgIpc) is 2.29. The molecule has 0 amide bonds. The minimum absolute atomic E-state index is 0.175. The predicted octanol–water partition coefficient (Wildman–Crippen LogP) is 2.02. The third-order valence-corrected chi connectivity index (χ3v) is 4.20. The second-order valence-corrected chi connectivity index (χ2v) is 7.58. The first-order valence-corrected chi connectivity index (χ1v) is 7.71. The molecule has 0 fully saturated rings. The van der Waals surface area contributed by atoms with Crippen LogP contribution in [0.4, 0.5) is 11.4 Å². The molecule has 1 aromatic carbocycles. The Morgan fingerprint density at radius 3 is 2.37 bits per heavy atom. The molecule has 0 aromatic heterocycles. The van der Waals surface area contributed by atoms with Crippen molar-refractivity contribution in [1.29, 1.82) is 0 Å². The first-order valence-electron chi connectivity index (χ1n) is 6.23. The van der Waals surface area contributed by atoms with Crippen LogP contribution >= 0.6 is 0 Å². The summed E-state index contributed by atoms with van der Waals surface area (Å²) in [5.41, 5.74) is 7.31. The molecule has 6 heteroatoms. The predicted molar refractivity (Wildman–Crippen MR) is 79.7 cm³/mol. The van der Waals surface area contributed by atoms with Gasteiger partial charge in [0.15, 0.2) is 0 Å². The number of hydrogen-bond acceptors (Lipinski definition) is 4. The Kier molecular flexibility index (Phi) is 4.81. The van der Waals surface area contributed by atoms with Gasteiger partial charge < -0.3 is 11.1 Å². The van der Waals surface area contributed by atoms with Gasteiger partial charge in [-0.05, 0) is 37.1 Å². The maximum Gasteiger partial charge on any atom is 0.240 e. The Hall–Kier alpha value is -1.27. The third-order valence-electron chi connectivity index (χ3n) is 2.79. The lowest BCUT2D eigenvalue weighted by Gasteiger charge is -2.19. The highest BCUT2D eigenvalue weighted by Gasteiger charge is 2.13. The van der Waals surface area contributed by atoms with Crippen LogP contribution in [-0.2, 0) is 10.0 Å². The fraction of sp³-hybridized carbons (Fsp3) is 0.538. The molecule has 0 saturated heterocycles. The van der Waals surface area contributed by atoms with Crippen molar-refractivity contribution in [2.24, 2.45) is 5.41 Å². The molecule has 1 rings (SSSR count). The van der Waals surface area contributed by atoms with Crippen molar-refractivity contribution in [1.82, 2.24) is 4.72 Å². The van der Waals surface area contributed by atoms with E-state index in [1.165, 1.54) is 13.1 Å². The number of anilines is 2. The normalized spacial score (nSPS) is 12.4. The molecule has 0 heterocycles. The van der Waals surface area contributed by atoms with E-state index < -0.39 is 10.0 Å². The molecule has 0 saturated carbocycles. The van der Waals surface area contributed by atoms with Crippen LogP contribution in [0.5, 0.6) is 0 Å². The molecular formula is C13H23N3O2S. The van der Waals surface area contributed by atoms with Gasteiger partial charge in [-0.2, -0.15) is 0 Å². The van der Waals surface area contributed by atoms with Crippen LogP contribution in [0.15, 0.2) is 23.1 Å². The Balaban J connectivity index is 2.79. The van der Waals surface area contributed by atoms with Crippen LogP contribution < -0.4 is 15.8 Å². The second kappa shape index (κ2) is 5.79. The Labute approximate surface area is 115 Å². The first kappa shape index (κ1) is 15.8. The molecule has 0 aliphatic carbocycles. The molecule has 0 aliphatic rings. The largest absolute Gasteiger partial charge is 0.397 e. The van der Waals surface area contributed by atoms with Gasteiger partial charge in [0.25, 0.3) is 0 Å². The molecule has 19 heavy (non-hydrogen) atoms. The fourth-order valence-corrected chi connectivity index (χ4v) is 2.32. The van der Waals surface area contributed by atoms with Crippen LogP contribution in [0.1, 0.15) is 27.2 Å². The summed E-state index contributed by atoms with van der Waals surface area (Å²) in [6.07, 6.45) is 1.00. The highest BCUT2D eigenvalue weighted by molar-refractivity contribution is 7.89. The molecule has 0 bridgehead atoms. The van der Waals surface area contributed by atoms with Crippen molar-refractivity contribution in [2.75, 3.05) is 24.6 Å². The maximum absolute atomic E-state index is 11.6. The lowest BCUT2D eigenvalue weighted by molar-refractivity contribution is 0.390. The van der Waals surface area contributed by atoms with E-state index in [9.17, 15) is 8.42 Å². The number of hydrogen-bond donors (Lipinski definition) is 3. The molecule has 1 aromatic rings. The monoisotopic (exact) mass is 285 g/mol. The van der Waals surface area contributed by atoms with Crippen molar-refractivity contribution < 1.29 is 8.42 Å². The quantitative estimate of drug-likeness (QED) is 0.723. The summed E-state index contributed by atoms with van der Waals surface area (Å²) in [5, 5.41) is 3.23. The molecule has 0 radical (unpaired) electrons. The molecule has 4 N–H and O–H groups in total. The third kappa shape index (κ3) is 4.72. The summed E-state index contributed by atoms with van der Waals surface area (Å²) in [6.45, 7) is 7.30. The van der Waals surface area contributed by atoms with E-state index in [1.54, 1.807) is 12.1 Å². The van der Waals surface area contributed by atoms with Crippen LogP contribution in [0, 0.1) is 5.41 Å². The standard InChI is InChI=1S/C13H23N3O2S/c1-13(2,3)7-8-16-12-6-5-10(9-11(12)14)19(17,18)15-4/h5-6,9,15-16H,7-8,14H2,1-4H3. The summed E-state index contributed by atoms with van der Waals surface area (Å²) >= 11 is 0. The van der Waals surface area contributed by atoms with E-state index in [4.69, 9.17) is 5.73 Å². The van der Waals surface area contributed by atoms with E-state index in [0.29, 0.717) is 5.69 Å². The lowest BCUT2D eigenvalue weighted by atomic mass is 9.92. The van der Waals surface area contributed by atoms with Gasteiger partial charge in [0.05, 0.1) is 16.3 Å². The summed E-state index contributed by atoms with van der Waals surface area (Å²) in [5.74, 6) is 0. The SMILES string of the molecule is CNS(=O)(=O)c1ccc(NCCC(C)(C)C)c(N)c1. The van der Waals surface area contributed by atoms with Crippen molar-refractivity contribution in [3.8, 4) is 0 Å². The van der Waals surface area contributed by atoms with E-state index in [1.807, 2.05) is 0 Å². The fourth-order valence-electron chi connectivity index (χ4n) is 1.56. The first-order chi connectivity index (χ1) is 8.65. The van der Waals surface area contributed by atoms with Crippen molar-refractivity contribution in [2.45, 2.75) is 32.1 Å². The van der Waals surface area contributed by atoms with Crippen molar-refractivity contribution in [3.63, 3.8) is 0 Å². The Morgan fingerprint density at radius 1 is 1.26 bits per heavy atom. The molecule has 0 atom stereocenters. The zero-order chi connectivity index (χ0) is 14.7. The summed E-state index contributed by atoms with van der Waals surface area (Å²) in [6, 6.07) is 4.70. The van der Waals surface area contributed by atoms with E-state index in [0.717, 1.165) is 18.7 Å². The Bertz CT molecular complexity index is 533. The summed E-state index contributed by atoms with van der Waals surface area (Å²) in [7, 11) is -2.06.